The van der Waals surface area contributed by atoms with Crippen molar-refractivity contribution in [2.75, 3.05) is 26.7 Å². The SMILES string of the molecule is CCCC1CN(C2CCN(C)C(C)C2)C(CC)CN1. The molecule has 2 saturated heterocycles. The summed E-state index contributed by atoms with van der Waals surface area (Å²) in [4.78, 5) is 5.36. The lowest BCUT2D eigenvalue weighted by molar-refractivity contribution is 0.0280. The Morgan fingerprint density at radius 2 is 2.05 bits per heavy atom. The maximum absolute atomic E-state index is 3.76. The van der Waals surface area contributed by atoms with Crippen molar-refractivity contribution in [3.05, 3.63) is 0 Å². The Morgan fingerprint density at radius 3 is 2.68 bits per heavy atom. The fraction of sp³-hybridized carbons (Fsp3) is 1.00. The van der Waals surface area contributed by atoms with Gasteiger partial charge in [-0.15, -0.1) is 0 Å². The van der Waals surface area contributed by atoms with E-state index in [0.717, 1.165) is 24.2 Å². The number of likely N-dealkylation sites (tertiary alicyclic amines) is 1. The van der Waals surface area contributed by atoms with Crippen LogP contribution in [0.1, 0.15) is 52.9 Å². The van der Waals surface area contributed by atoms with E-state index < -0.39 is 0 Å². The monoisotopic (exact) mass is 267 g/mol. The molecule has 3 heteroatoms. The number of nitrogens with zero attached hydrogens (tertiary/aromatic N) is 2. The minimum atomic E-state index is 0.725. The highest BCUT2D eigenvalue weighted by Crippen LogP contribution is 2.25. The average molecular weight is 267 g/mol. The van der Waals surface area contributed by atoms with Crippen molar-refractivity contribution in [2.24, 2.45) is 0 Å². The summed E-state index contributed by atoms with van der Waals surface area (Å²) in [5, 5.41) is 3.76. The molecule has 0 aromatic heterocycles. The van der Waals surface area contributed by atoms with Crippen molar-refractivity contribution in [2.45, 2.75) is 77.0 Å². The van der Waals surface area contributed by atoms with Crippen LogP contribution in [-0.4, -0.2) is 60.6 Å². The zero-order valence-corrected chi connectivity index (χ0v) is 13.4. The van der Waals surface area contributed by atoms with Gasteiger partial charge in [-0.05, 0) is 46.2 Å². The molecule has 0 radical (unpaired) electrons. The normalized spacial score (nSPS) is 38.5. The van der Waals surface area contributed by atoms with E-state index >= 15 is 0 Å². The van der Waals surface area contributed by atoms with Crippen LogP contribution in [0, 0.1) is 0 Å². The topological polar surface area (TPSA) is 18.5 Å². The van der Waals surface area contributed by atoms with E-state index in [2.05, 4.69) is 42.9 Å². The van der Waals surface area contributed by atoms with Gasteiger partial charge in [0.05, 0.1) is 0 Å². The van der Waals surface area contributed by atoms with E-state index in [0.29, 0.717) is 0 Å². The summed E-state index contributed by atoms with van der Waals surface area (Å²) < 4.78 is 0. The molecule has 2 aliphatic rings. The minimum absolute atomic E-state index is 0.725. The van der Waals surface area contributed by atoms with Crippen LogP contribution < -0.4 is 5.32 Å². The second kappa shape index (κ2) is 7.05. The maximum Gasteiger partial charge on any atom is 0.0221 e. The number of hydrogen-bond donors (Lipinski definition) is 1. The van der Waals surface area contributed by atoms with Crippen LogP contribution in [0.5, 0.6) is 0 Å². The van der Waals surface area contributed by atoms with E-state index in [1.54, 1.807) is 0 Å². The van der Waals surface area contributed by atoms with Gasteiger partial charge in [-0.2, -0.15) is 0 Å². The molecule has 4 unspecified atom stereocenters. The molecule has 0 amide bonds. The Labute approximate surface area is 119 Å². The van der Waals surface area contributed by atoms with Crippen molar-refractivity contribution in [1.29, 1.82) is 0 Å². The predicted octanol–water partition coefficient (Wildman–Crippen LogP) is 2.32. The second-order valence-electron chi connectivity index (χ2n) is 6.66. The zero-order chi connectivity index (χ0) is 13.8. The summed E-state index contributed by atoms with van der Waals surface area (Å²) in [5.41, 5.74) is 0. The van der Waals surface area contributed by atoms with Gasteiger partial charge in [0.25, 0.3) is 0 Å². The lowest BCUT2D eigenvalue weighted by Gasteiger charge is -2.48. The van der Waals surface area contributed by atoms with Crippen molar-refractivity contribution in [1.82, 2.24) is 15.1 Å². The summed E-state index contributed by atoms with van der Waals surface area (Å²) in [5.74, 6) is 0. The molecule has 2 heterocycles. The molecule has 0 saturated carbocycles. The lowest BCUT2D eigenvalue weighted by Crippen LogP contribution is -2.61. The van der Waals surface area contributed by atoms with E-state index in [1.807, 2.05) is 0 Å². The molecule has 3 nitrogen and oxygen atoms in total. The van der Waals surface area contributed by atoms with E-state index in [1.165, 1.54) is 51.7 Å². The zero-order valence-electron chi connectivity index (χ0n) is 13.4. The third-order valence-electron chi connectivity index (χ3n) is 5.30. The Balaban J connectivity index is 1.97. The minimum Gasteiger partial charge on any atom is -0.311 e. The smallest absolute Gasteiger partial charge is 0.0221 e. The maximum atomic E-state index is 3.76. The number of piperidine rings is 1. The molecule has 0 aromatic carbocycles. The highest BCUT2D eigenvalue weighted by atomic mass is 15.3. The summed E-state index contributed by atoms with van der Waals surface area (Å²) in [7, 11) is 2.27. The third kappa shape index (κ3) is 3.71. The molecule has 1 N–H and O–H groups in total. The standard InChI is InChI=1S/C16H33N3/c1-5-7-14-12-19(15(6-2)11-17-14)16-8-9-18(4)13(3)10-16/h13-17H,5-12H2,1-4H3. The van der Waals surface area contributed by atoms with Crippen LogP contribution in [0.3, 0.4) is 0 Å². The van der Waals surface area contributed by atoms with Gasteiger partial charge in [-0.25, -0.2) is 0 Å². The number of nitrogens with one attached hydrogen (secondary N) is 1. The summed E-state index contributed by atoms with van der Waals surface area (Å²) in [6, 6.07) is 3.05. The number of hydrogen-bond acceptors (Lipinski definition) is 3. The van der Waals surface area contributed by atoms with Crippen LogP contribution in [0.15, 0.2) is 0 Å². The van der Waals surface area contributed by atoms with Gasteiger partial charge in [-0.3, -0.25) is 4.90 Å². The van der Waals surface area contributed by atoms with Gasteiger partial charge in [-0.1, -0.05) is 20.3 Å². The Kier molecular flexibility index (Phi) is 5.67. The molecule has 0 aromatic rings. The van der Waals surface area contributed by atoms with Gasteiger partial charge in [0.1, 0.15) is 0 Å². The summed E-state index contributed by atoms with van der Waals surface area (Å²) >= 11 is 0. The van der Waals surface area contributed by atoms with Crippen molar-refractivity contribution >= 4 is 0 Å². The van der Waals surface area contributed by atoms with E-state index in [-0.39, 0.29) is 0 Å². The van der Waals surface area contributed by atoms with Crippen LogP contribution in [0.2, 0.25) is 0 Å². The van der Waals surface area contributed by atoms with Gasteiger partial charge in [0.15, 0.2) is 0 Å². The molecule has 4 atom stereocenters. The van der Waals surface area contributed by atoms with Crippen LogP contribution in [-0.2, 0) is 0 Å². The third-order valence-corrected chi connectivity index (χ3v) is 5.30. The summed E-state index contributed by atoms with van der Waals surface area (Å²) in [6.07, 6.45) is 6.62. The van der Waals surface area contributed by atoms with Crippen LogP contribution >= 0.6 is 0 Å². The van der Waals surface area contributed by atoms with Gasteiger partial charge in [0, 0.05) is 37.3 Å². The highest BCUT2D eigenvalue weighted by molar-refractivity contribution is 4.92. The molecule has 112 valence electrons. The first-order valence-electron chi connectivity index (χ1n) is 8.35. The predicted molar refractivity (Wildman–Crippen MR) is 82.6 cm³/mol. The molecule has 0 aliphatic carbocycles. The first-order valence-corrected chi connectivity index (χ1v) is 8.35. The molecule has 2 aliphatic heterocycles. The van der Waals surface area contributed by atoms with Crippen LogP contribution in [0.25, 0.3) is 0 Å². The lowest BCUT2D eigenvalue weighted by atomic mass is 9.93. The molecule has 0 spiro atoms. The molecular formula is C16H33N3. The summed E-state index contributed by atoms with van der Waals surface area (Å²) in [6.45, 7) is 10.8. The molecule has 2 fully saturated rings. The van der Waals surface area contributed by atoms with Crippen molar-refractivity contribution < 1.29 is 0 Å². The Hall–Kier alpha value is -0.120. The Morgan fingerprint density at radius 1 is 1.26 bits per heavy atom. The highest BCUT2D eigenvalue weighted by Gasteiger charge is 2.34. The van der Waals surface area contributed by atoms with E-state index in [4.69, 9.17) is 0 Å². The van der Waals surface area contributed by atoms with Gasteiger partial charge < -0.3 is 10.2 Å². The van der Waals surface area contributed by atoms with E-state index in [9.17, 15) is 0 Å². The second-order valence-corrected chi connectivity index (χ2v) is 6.66. The van der Waals surface area contributed by atoms with Crippen molar-refractivity contribution in [3.63, 3.8) is 0 Å². The molecule has 0 bridgehead atoms. The van der Waals surface area contributed by atoms with Crippen molar-refractivity contribution in [3.8, 4) is 0 Å². The van der Waals surface area contributed by atoms with Gasteiger partial charge in [0.2, 0.25) is 0 Å². The van der Waals surface area contributed by atoms with Gasteiger partial charge >= 0.3 is 0 Å². The number of piperazine rings is 1. The number of rotatable bonds is 4. The largest absolute Gasteiger partial charge is 0.311 e. The van der Waals surface area contributed by atoms with Crippen LogP contribution in [0.4, 0.5) is 0 Å². The molecule has 2 rings (SSSR count). The Bertz CT molecular complexity index is 269. The molecular weight excluding hydrogens is 234 g/mol. The average Bonchev–Trinajstić information content (AvgIpc) is 2.42. The quantitative estimate of drug-likeness (QED) is 0.843. The molecule has 19 heavy (non-hydrogen) atoms. The first kappa shape index (κ1) is 15.3. The fourth-order valence-electron chi connectivity index (χ4n) is 3.82. The first-order chi connectivity index (χ1) is 9.15. The fourth-order valence-corrected chi connectivity index (χ4v) is 3.82.